The van der Waals surface area contributed by atoms with Crippen molar-refractivity contribution in [3.63, 3.8) is 0 Å². The van der Waals surface area contributed by atoms with E-state index < -0.39 is 0 Å². The number of likely N-dealkylation sites (N-methyl/N-ethyl adjacent to an activating group) is 1. The van der Waals surface area contributed by atoms with E-state index >= 15 is 0 Å². The number of rotatable bonds is 2. The molecule has 0 unspecified atom stereocenters. The van der Waals surface area contributed by atoms with Gasteiger partial charge in [0.15, 0.2) is 0 Å². The van der Waals surface area contributed by atoms with Crippen molar-refractivity contribution in [3.8, 4) is 0 Å². The monoisotopic (exact) mass is 311 g/mol. The average Bonchev–Trinajstić information content (AvgIpc) is 2.32. The van der Waals surface area contributed by atoms with Gasteiger partial charge >= 0.3 is 0 Å². The summed E-state index contributed by atoms with van der Waals surface area (Å²) in [5.41, 5.74) is 8.02. The summed E-state index contributed by atoms with van der Waals surface area (Å²) in [6.45, 7) is 4.04. The number of carbonyl (C=O) groups is 1. The number of amides is 1. The second-order valence-corrected chi connectivity index (χ2v) is 5.59. The highest BCUT2D eigenvalue weighted by Crippen LogP contribution is 2.28. The summed E-state index contributed by atoms with van der Waals surface area (Å²) in [4.78, 5) is 15.6. The number of nitrogens with two attached hydrogens (primary N) is 1. The summed E-state index contributed by atoms with van der Waals surface area (Å²) in [6, 6.07) is 6.09. The summed E-state index contributed by atoms with van der Waals surface area (Å²) < 4.78 is 1.00. The van der Waals surface area contributed by atoms with Crippen LogP contribution in [0.1, 0.15) is 18.5 Å². The predicted molar refractivity (Wildman–Crippen MR) is 76.6 cm³/mol. The van der Waals surface area contributed by atoms with E-state index in [2.05, 4.69) is 20.8 Å². The molecule has 0 spiro atoms. The predicted octanol–water partition coefficient (Wildman–Crippen LogP) is 1.75. The topological polar surface area (TPSA) is 49.6 Å². The van der Waals surface area contributed by atoms with Crippen molar-refractivity contribution in [1.29, 1.82) is 0 Å². The van der Waals surface area contributed by atoms with Crippen LogP contribution in [-0.2, 0) is 4.79 Å². The van der Waals surface area contributed by atoms with Crippen molar-refractivity contribution in [2.45, 2.75) is 13.0 Å². The second-order valence-electron chi connectivity index (χ2n) is 4.73. The van der Waals surface area contributed by atoms with Gasteiger partial charge in [0, 0.05) is 36.3 Å². The number of hydrogen-bond donors (Lipinski definition) is 1. The number of carbonyl (C=O) groups excluding carboxylic acids is 1. The Bertz CT molecular complexity index is 462. The second kappa shape index (κ2) is 5.28. The van der Waals surface area contributed by atoms with Crippen molar-refractivity contribution in [3.05, 3.63) is 28.2 Å². The molecule has 0 bridgehead atoms. The Labute approximate surface area is 116 Å². The maximum absolute atomic E-state index is 11.7. The van der Waals surface area contributed by atoms with Crippen LogP contribution in [0.4, 0.5) is 5.69 Å². The van der Waals surface area contributed by atoms with E-state index in [1.807, 2.05) is 32.2 Å². The van der Waals surface area contributed by atoms with E-state index in [1.54, 1.807) is 4.90 Å². The van der Waals surface area contributed by atoms with E-state index in [0.717, 1.165) is 28.8 Å². The van der Waals surface area contributed by atoms with Gasteiger partial charge in [0.25, 0.3) is 0 Å². The third-order valence-electron chi connectivity index (χ3n) is 3.30. The molecule has 1 aliphatic rings. The fourth-order valence-electron chi connectivity index (χ4n) is 2.06. The first-order valence-electron chi connectivity index (χ1n) is 6.03. The zero-order valence-corrected chi connectivity index (χ0v) is 12.3. The molecule has 0 saturated carbocycles. The van der Waals surface area contributed by atoms with Crippen LogP contribution in [0.25, 0.3) is 0 Å². The van der Waals surface area contributed by atoms with Crippen LogP contribution in [0.15, 0.2) is 22.7 Å². The molecule has 1 atom stereocenters. The Balaban J connectivity index is 2.19. The van der Waals surface area contributed by atoms with Gasteiger partial charge in [0.05, 0.1) is 6.54 Å². The molecule has 1 aromatic rings. The lowest BCUT2D eigenvalue weighted by molar-refractivity contribution is -0.129. The smallest absolute Gasteiger partial charge is 0.241 e. The van der Waals surface area contributed by atoms with Gasteiger partial charge in [-0.3, -0.25) is 4.79 Å². The van der Waals surface area contributed by atoms with Crippen LogP contribution in [-0.4, -0.2) is 37.5 Å². The Kier molecular flexibility index (Phi) is 3.92. The van der Waals surface area contributed by atoms with Gasteiger partial charge < -0.3 is 15.5 Å². The van der Waals surface area contributed by atoms with Gasteiger partial charge in [-0.1, -0.05) is 22.0 Å². The fourth-order valence-corrected chi connectivity index (χ4v) is 2.79. The van der Waals surface area contributed by atoms with Crippen molar-refractivity contribution < 1.29 is 4.79 Å². The highest BCUT2D eigenvalue weighted by Gasteiger charge is 2.21. The molecule has 1 aliphatic heterocycles. The molecule has 2 N–H and O–H groups in total. The first-order valence-corrected chi connectivity index (χ1v) is 6.82. The van der Waals surface area contributed by atoms with E-state index in [-0.39, 0.29) is 11.9 Å². The van der Waals surface area contributed by atoms with Gasteiger partial charge in [0.2, 0.25) is 5.91 Å². The lowest BCUT2D eigenvalue weighted by Gasteiger charge is -2.33. The minimum absolute atomic E-state index is 0.00236. The molecule has 1 saturated heterocycles. The van der Waals surface area contributed by atoms with E-state index in [4.69, 9.17) is 5.73 Å². The van der Waals surface area contributed by atoms with Crippen molar-refractivity contribution in [1.82, 2.24) is 4.90 Å². The first kappa shape index (κ1) is 13.4. The van der Waals surface area contributed by atoms with Crippen molar-refractivity contribution in [2.24, 2.45) is 5.73 Å². The summed E-state index contributed by atoms with van der Waals surface area (Å²) in [5, 5.41) is 0. The van der Waals surface area contributed by atoms with Gasteiger partial charge in [-0.15, -0.1) is 0 Å². The normalized spacial score (nSPS) is 18.1. The van der Waals surface area contributed by atoms with Crippen molar-refractivity contribution >= 4 is 27.5 Å². The maximum atomic E-state index is 11.7. The average molecular weight is 312 g/mol. The molecule has 18 heavy (non-hydrogen) atoms. The molecular weight excluding hydrogens is 294 g/mol. The molecule has 1 heterocycles. The molecule has 4 nitrogen and oxygen atoms in total. The standard InChI is InChI=1S/C13H18BrN3O/c1-9(15)11-4-3-10(7-12(11)14)17-6-5-16(2)13(18)8-17/h3-4,7,9H,5-6,8,15H2,1-2H3/t9-/m0/s1. The number of hydrogen-bond acceptors (Lipinski definition) is 3. The van der Waals surface area contributed by atoms with Gasteiger partial charge in [-0.05, 0) is 24.6 Å². The molecule has 1 amide bonds. The molecule has 1 fully saturated rings. The molecule has 0 aromatic heterocycles. The summed E-state index contributed by atoms with van der Waals surface area (Å²) in [5.74, 6) is 0.161. The Morgan fingerprint density at radius 2 is 2.11 bits per heavy atom. The minimum Gasteiger partial charge on any atom is -0.360 e. The molecule has 5 heteroatoms. The molecule has 1 aromatic carbocycles. The van der Waals surface area contributed by atoms with Crippen LogP contribution >= 0.6 is 15.9 Å². The molecule has 0 radical (unpaired) electrons. The van der Waals surface area contributed by atoms with Crippen LogP contribution < -0.4 is 10.6 Å². The van der Waals surface area contributed by atoms with Crippen LogP contribution in [0.5, 0.6) is 0 Å². The van der Waals surface area contributed by atoms with Gasteiger partial charge in [-0.2, -0.15) is 0 Å². The SMILES string of the molecule is C[C@H](N)c1ccc(N2CCN(C)C(=O)C2)cc1Br. The zero-order chi connectivity index (χ0) is 13.3. The number of benzene rings is 1. The molecule has 2 rings (SSSR count). The quantitative estimate of drug-likeness (QED) is 0.905. The highest BCUT2D eigenvalue weighted by atomic mass is 79.9. The Hall–Kier alpha value is -1.07. The minimum atomic E-state index is 0.00236. The van der Waals surface area contributed by atoms with Crippen LogP contribution in [0.2, 0.25) is 0 Å². The van der Waals surface area contributed by atoms with Crippen molar-refractivity contribution in [2.75, 3.05) is 31.6 Å². The van der Waals surface area contributed by atoms with E-state index in [1.165, 1.54) is 0 Å². The van der Waals surface area contributed by atoms with Gasteiger partial charge in [-0.25, -0.2) is 0 Å². The molecule has 98 valence electrons. The maximum Gasteiger partial charge on any atom is 0.241 e. The van der Waals surface area contributed by atoms with Crippen LogP contribution in [0.3, 0.4) is 0 Å². The Morgan fingerprint density at radius 1 is 1.39 bits per heavy atom. The third kappa shape index (κ3) is 2.67. The number of anilines is 1. The van der Waals surface area contributed by atoms with Crippen LogP contribution in [0, 0.1) is 0 Å². The summed E-state index contributed by atoms with van der Waals surface area (Å²) >= 11 is 3.54. The van der Waals surface area contributed by atoms with Gasteiger partial charge in [0.1, 0.15) is 0 Å². The third-order valence-corrected chi connectivity index (χ3v) is 3.98. The lowest BCUT2D eigenvalue weighted by Crippen LogP contribution is -2.48. The largest absolute Gasteiger partial charge is 0.360 e. The molecular formula is C13H18BrN3O. The zero-order valence-electron chi connectivity index (χ0n) is 10.7. The number of halogens is 1. The van der Waals surface area contributed by atoms with E-state index in [0.29, 0.717) is 6.54 Å². The summed E-state index contributed by atoms with van der Waals surface area (Å²) in [6.07, 6.45) is 0. The lowest BCUT2D eigenvalue weighted by atomic mass is 10.1. The summed E-state index contributed by atoms with van der Waals surface area (Å²) in [7, 11) is 1.84. The number of nitrogens with zero attached hydrogens (tertiary/aromatic N) is 2. The van der Waals surface area contributed by atoms with E-state index in [9.17, 15) is 4.79 Å². The Morgan fingerprint density at radius 3 is 2.67 bits per heavy atom. The first-order chi connectivity index (χ1) is 8.49. The highest BCUT2D eigenvalue weighted by molar-refractivity contribution is 9.10. The molecule has 0 aliphatic carbocycles. The fraction of sp³-hybridized carbons (Fsp3) is 0.462. The number of piperazine rings is 1.